The number of amides is 3. The Morgan fingerprint density at radius 2 is 1.70 bits per heavy atom. The fourth-order valence-electron chi connectivity index (χ4n) is 4.98. The Bertz CT molecular complexity index is 1700. The predicted octanol–water partition coefficient (Wildman–Crippen LogP) is 6.58. The number of carbonyl (C=O) groups excluding carboxylic acids is 3. The van der Waals surface area contributed by atoms with Crippen LogP contribution in [-0.4, -0.2) is 54.8 Å². The van der Waals surface area contributed by atoms with Crippen LogP contribution in [0.3, 0.4) is 0 Å². The van der Waals surface area contributed by atoms with Gasteiger partial charge in [0, 0.05) is 35.1 Å². The Morgan fingerprint density at radius 3 is 2.47 bits per heavy atom. The van der Waals surface area contributed by atoms with Gasteiger partial charge in [-0.2, -0.15) is 0 Å². The fraction of sp³-hybridized carbons (Fsp3) is 0.182. The molecule has 0 saturated carbocycles. The zero-order valence-corrected chi connectivity index (χ0v) is 24.7. The number of benzene rings is 4. The molecular weight excluding hydrogens is 586 g/mol. The third-order valence-electron chi connectivity index (χ3n) is 7.22. The summed E-state index contributed by atoms with van der Waals surface area (Å²) >= 11 is 6.82. The van der Waals surface area contributed by atoms with E-state index in [1.165, 1.54) is 0 Å². The molecule has 2 heterocycles. The molecule has 4 aromatic rings. The molecule has 0 unspecified atom stereocenters. The van der Waals surface area contributed by atoms with Gasteiger partial charge in [-0.15, -0.1) is 0 Å². The van der Waals surface area contributed by atoms with Crippen LogP contribution in [-0.2, 0) is 20.9 Å². The summed E-state index contributed by atoms with van der Waals surface area (Å²) in [5.41, 5.74) is 3.25. The number of nitrogens with one attached hydrogen (secondary N) is 1. The van der Waals surface area contributed by atoms with Gasteiger partial charge < -0.3 is 19.7 Å². The van der Waals surface area contributed by atoms with Crippen molar-refractivity contribution >= 4 is 68.6 Å². The molecule has 0 aromatic heterocycles. The van der Waals surface area contributed by atoms with E-state index in [0.717, 1.165) is 51.8 Å². The lowest BCUT2D eigenvalue weighted by atomic mass is 10.0. The Hall–Kier alpha value is -4.31. The van der Waals surface area contributed by atoms with Crippen LogP contribution in [0.5, 0.6) is 5.75 Å². The minimum absolute atomic E-state index is 0.223. The second-order valence-corrected chi connectivity index (χ2v) is 11.5. The Labute approximate surface area is 258 Å². The van der Waals surface area contributed by atoms with Crippen LogP contribution in [0, 0.1) is 0 Å². The number of rotatable bonds is 8. The van der Waals surface area contributed by atoms with Crippen molar-refractivity contribution in [2.75, 3.05) is 43.1 Å². The van der Waals surface area contributed by atoms with Crippen LogP contribution in [0.2, 0.25) is 5.02 Å². The summed E-state index contributed by atoms with van der Waals surface area (Å²) in [6.07, 6.45) is 1.67. The van der Waals surface area contributed by atoms with Crippen LogP contribution in [0.4, 0.5) is 16.2 Å². The van der Waals surface area contributed by atoms with E-state index in [1.807, 2.05) is 72.8 Å². The summed E-state index contributed by atoms with van der Waals surface area (Å²) in [5.74, 6) is -0.414. The van der Waals surface area contributed by atoms with Gasteiger partial charge in [-0.05, 0) is 76.6 Å². The van der Waals surface area contributed by atoms with Crippen LogP contribution in [0.25, 0.3) is 16.8 Å². The molecule has 8 nitrogen and oxygen atoms in total. The highest BCUT2D eigenvalue weighted by Crippen LogP contribution is 2.37. The van der Waals surface area contributed by atoms with Crippen molar-refractivity contribution in [1.29, 1.82) is 0 Å². The van der Waals surface area contributed by atoms with E-state index in [1.54, 1.807) is 18.2 Å². The summed E-state index contributed by atoms with van der Waals surface area (Å²) in [6, 6.07) is 26.4. The third kappa shape index (κ3) is 6.69. The standard InChI is InChI=1S/C33H28ClN3O5S/c34-24-8-5-22(6-9-24)21-42-29-14-7-23-3-1-2-4-27(23)28(29)19-30-32(39)37(33(40)43-30)20-31(38)35-25-10-12-26(13-11-25)36-15-17-41-18-16-36/h1-14,19H,15-18,20-21H2,(H,35,38)/b30-19+. The molecule has 2 fully saturated rings. The third-order valence-corrected chi connectivity index (χ3v) is 8.38. The van der Waals surface area contributed by atoms with E-state index in [2.05, 4.69) is 10.2 Å². The second kappa shape index (κ2) is 12.9. The lowest BCUT2D eigenvalue weighted by Crippen LogP contribution is -2.36. The fourth-order valence-corrected chi connectivity index (χ4v) is 5.93. The van der Waals surface area contributed by atoms with Gasteiger partial charge in [-0.25, -0.2) is 0 Å². The van der Waals surface area contributed by atoms with Crippen LogP contribution < -0.4 is 15.0 Å². The molecular formula is C33H28ClN3O5S. The lowest BCUT2D eigenvalue weighted by Gasteiger charge is -2.28. The smallest absolute Gasteiger partial charge is 0.294 e. The van der Waals surface area contributed by atoms with E-state index in [9.17, 15) is 14.4 Å². The number of ether oxygens (including phenoxy) is 2. The van der Waals surface area contributed by atoms with E-state index in [-0.39, 0.29) is 11.4 Å². The van der Waals surface area contributed by atoms with E-state index in [4.69, 9.17) is 21.1 Å². The largest absolute Gasteiger partial charge is 0.488 e. The molecule has 2 aliphatic heterocycles. The van der Waals surface area contributed by atoms with Crippen LogP contribution in [0.15, 0.2) is 89.8 Å². The topological polar surface area (TPSA) is 88.2 Å². The van der Waals surface area contributed by atoms with Crippen LogP contribution in [0.1, 0.15) is 11.1 Å². The molecule has 2 saturated heterocycles. The minimum Gasteiger partial charge on any atom is -0.488 e. The maximum atomic E-state index is 13.4. The average molecular weight is 614 g/mol. The van der Waals surface area contributed by atoms with Gasteiger partial charge in [0.05, 0.1) is 18.1 Å². The lowest BCUT2D eigenvalue weighted by molar-refractivity contribution is -0.127. The average Bonchev–Trinajstić information content (AvgIpc) is 3.29. The SMILES string of the molecule is O=C(CN1C(=O)S/C(=C/c2c(OCc3ccc(Cl)cc3)ccc3ccccc23)C1=O)Nc1ccc(N2CCOCC2)cc1. The number of halogens is 1. The van der Waals surface area contributed by atoms with E-state index < -0.39 is 17.1 Å². The minimum atomic E-state index is -0.524. The van der Waals surface area contributed by atoms with Gasteiger partial charge in [0.25, 0.3) is 11.1 Å². The van der Waals surface area contributed by atoms with Crippen molar-refractivity contribution in [2.45, 2.75) is 6.61 Å². The quantitative estimate of drug-likeness (QED) is 0.225. The summed E-state index contributed by atoms with van der Waals surface area (Å²) in [7, 11) is 0. The maximum Gasteiger partial charge on any atom is 0.294 e. The highest BCUT2D eigenvalue weighted by atomic mass is 35.5. The first kappa shape index (κ1) is 28.8. The molecule has 1 N–H and O–H groups in total. The van der Waals surface area contributed by atoms with Gasteiger partial charge in [-0.1, -0.05) is 54.1 Å². The normalized spacial score (nSPS) is 16.3. The van der Waals surface area contributed by atoms with Gasteiger partial charge in [0.2, 0.25) is 5.91 Å². The number of carbonyl (C=O) groups is 3. The van der Waals surface area contributed by atoms with E-state index in [0.29, 0.717) is 41.8 Å². The zero-order valence-electron chi connectivity index (χ0n) is 23.1. The highest BCUT2D eigenvalue weighted by Gasteiger charge is 2.36. The molecule has 4 aromatic carbocycles. The molecule has 6 rings (SSSR count). The predicted molar refractivity (Wildman–Crippen MR) is 171 cm³/mol. The molecule has 218 valence electrons. The Morgan fingerprint density at radius 1 is 0.953 bits per heavy atom. The Balaban J connectivity index is 1.17. The number of fused-ring (bicyclic) bond motifs is 1. The summed E-state index contributed by atoms with van der Waals surface area (Å²) in [4.78, 5) is 42.5. The summed E-state index contributed by atoms with van der Waals surface area (Å²) in [5, 5.41) is 4.77. The molecule has 0 aliphatic carbocycles. The van der Waals surface area contributed by atoms with Crippen molar-refractivity contribution in [1.82, 2.24) is 4.90 Å². The number of hydrogen-bond acceptors (Lipinski definition) is 7. The second-order valence-electron chi connectivity index (χ2n) is 10.1. The molecule has 0 radical (unpaired) electrons. The van der Waals surface area contributed by atoms with E-state index >= 15 is 0 Å². The number of imide groups is 1. The van der Waals surface area contributed by atoms with Crippen molar-refractivity contribution in [3.8, 4) is 5.75 Å². The summed E-state index contributed by atoms with van der Waals surface area (Å²) in [6.45, 7) is 2.90. The van der Waals surface area contributed by atoms with Crippen molar-refractivity contribution < 1.29 is 23.9 Å². The van der Waals surface area contributed by atoms with Crippen molar-refractivity contribution in [2.24, 2.45) is 0 Å². The first-order valence-electron chi connectivity index (χ1n) is 13.8. The molecule has 0 spiro atoms. The molecule has 10 heteroatoms. The van der Waals surface area contributed by atoms with Crippen molar-refractivity contribution in [3.63, 3.8) is 0 Å². The number of morpholine rings is 1. The number of anilines is 2. The number of thioether (sulfide) groups is 1. The highest BCUT2D eigenvalue weighted by molar-refractivity contribution is 8.18. The number of nitrogens with zero attached hydrogens (tertiary/aromatic N) is 2. The van der Waals surface area contributed by atoms with Gasteiger partial charge in [-0.3, -0.25) is 19.3 Å². The van der Waals surface area contributed by atoms with Gasteiger partial charge in [0.15, 0.2) is 0 Å². The molecule has 0 bridgehead atoms. The van der Waals surface area contributed by atoms with Gasteiger partial charge >= 0.3 is 0 Å². The Kier molecular flexibility index (Phi) is 8.64. The molecule has 2 aliphatic rings. The molecule has 0 atom stereocenters. The molecule has 43 heavy (non-hydrogen) atoms. The number of hydrogen-bond donors (Lipinski definition) is 1. The van der Waals surface area contributed by atoms with Crippen LogP contribution >= 0.6 is 23.4 Å². The zero-order chi connectivity index (χ0) is 29.8. The van der Waals surface area contributed by atoms with Crippen molar-refractivity contribution in [3.05, 3.63) is 106 Å². The first-order chi connectivity index (χ1) is 20.9. The summed E-state index contributed by atoms with van der Waals surface area (Å²) < 4.78 is 11.6. The molecule has 3 amide bonds. The first-order valence-corrected chi connectivity index (χ1v) is 15.0. The monoisotopic (exact) mass is 613 g/mol. The van der Waals surface area contributed by atoms with Gasteiger partial charge in [0.1, 0.15) is 18.9 Å². The maximum absolute atomic E-state index is 13.4.